The molecule has 2 heterocycles. The van der Waals surface area contributed by atoms with Gasteiger partial charge in [-0.05, 0) is 54.5 Å². The molecule has 0 bridgehead atoms. The Bertz CT molecular complexity index is 1160. The van der Waals surface area contributed by atoms with Crippen LogP contribution in [0.3, 0.4) is 0 Å². The molecule has 3 aromatic rings. The van der Waals surface area contributed by atoms with Crippen molar-refractivity contribution in [3.8, 4) is 18.4 Å². The molecule has 0 amide bonds. The average molecular weight is 435 g/mol. The second-order valence-electron chi connectivity index (χ2n) is 6.96. The van der Waals surface area contributed by atoms with E-state index in [0.717, 1.165) is 29.7 Å². The molecule has 30 heavy (non-hydrogen) atoms. The smallest absolute Gasteiger partial charge is 0.222 e. The lowest BCUT2D eigenvalue weighted by atomic mass is 9.80. The van der Waals surface area contributed by atoms with Gasteiger partial charge in [-0.15, -0.1) is 6.42 Å². The predicted molar refractivity (Wildman–Crippen MR) is 115 cm³/mol. The van der Waals surface area contributed by atoms with E-state index in [1.807, 2.05) is 12.1 Å². The molecule has 0 saturated heterocycles. The van der Waals surface area contributed by atoms with Gasteiger partial charge in [0.05, 0.1) is 11.6 Å². The number of anilines is 1. The van der Waals surface area contributed by atoms with Crippen molar-refractivity contribution in [1.29, 1.82) is 5.26 Å². The monoisotopic (exact) mass is 434 g/mol. The number of nitrogens with one attached hydrogen (secondary N) is 1. The molecule has 0 fully saturated rings. The van der Waals surface area contributed by atoms with Crippen molar-refractivity contribution >= 4 is 29.0 Å². The molecule has 4 rings (SSSR count). The molecule has 1 unspecified atom stereocenters. The number of aromatic nitrogens is 4. The first kappa shape index (κ1) is 20.1. The Kier molecular flexibility index (Phi) is 5.81. The van der Waals surface area contributed by atoms with Crippen molar-refractivity contribution in [2.45, 2.75) is 31.2 Å². The van der Waals surface area contributed by atoms with Crippen LogP contribution in [0.5, 0.6) is 0 Å². The molecule has 0 radical (unpaired) electrons. The van der Waals surface area contributed by atoms with E-state index in [4.69, 9.17) is 29.6 Å². The maximum absolute atomic E-state index is 9.53. The summed E-state index contributed by atoms with van der Waals surface area (Å²) in [4.78, 5) is 16.9. The summed E-state index contributed by atoms with van der Waals surface area (Å²) in [7, 11) is 0. The lowest BCUT2D eigenvalue weighted by molar-refractivity contribution is 0.571. The highest BCUT2D eigenvalue weighted by Crippen LogP contribution is 2.37. The minimum absolute atomic E-state index is 0.160. The minimum Gasteiger partial charge on any atom is -0.352 e. The van der Waals surface area contributed by atoms with Crippen LogP contribution in [0.4, 0.5) is 5.82 Å². The summed E-state index contributed by atoms with van der Waals surface area (Å²) in [6.45, 7) is 0. The first-order valence-corrected chi connectivity index (χ1v) is 10.1. The quantitative estimate of drug-likeness (QED) is 0.480. The van der Waals surface area contributed by atoms with Gasteiger partial charge in [-0.3, -0.25) is 0 Å². The summed E-state index contributed by atoms with van der Waals surface area (Å²) in [6.07, 6.45) is 12.8. The van der Waals surface area contributed by atoms with Gasteiger partial charge in [0.15, 0.2) is 0 Å². The second kappa shape index (κ2) is 8.67. The number of hydrogen-bond acceptors (Lipinski definition) is 6. The van der Waals surface area contributed by atoms with Crippen LogP contribution in [0.25, 0.3) is 0 Å². The SMILES string of the molecule is C#C[C@@H](Nc1ncnc2c1CC(c1ccc(Cl)cc1C#N)CC2)c1cnc(Cl)nc1. The number of aryl methyl sites for hydroxylation is 1. The second-order valence-corrected chi connectivity index (χ2v) is 7.73. The van der Waals surface area contributed by atoms with E-state index in [2.05, 4.69) is 37.2 Å². The number of terminal acetylenes is 1. The zero-order chi connectivity index (χ0) is 21.1. The van der Waals surface area contributed by atoms with Crippen LogP contribution in [0.1, 0.15) is 46.3 Å². The largest absolute Gasteiger partial charge is 0.352 e. The number of benzene rings is 1. The summed E-state index contributed by atoms with van der Waals surface area (Å²) in [5.74, 6) is 3.55. The Morgan fingerprint density at radius 2 is 1.97 bits per heavy atom. The fourth-order valence-electron chi connectivity index (χ4n) is 3.74. The number of halogens is 2. The normalized spacial score (nSPS) is 16.1. The third-order valence-corrected chi connectivity index (χ3v) is 5.64. The van der Waals surface area contributed by atoms with Crippen LogP contribution >= 0.6 is 23.2 Å². The summed E-state index contributed by atoms with van der Waals surface area (Å²) in [5.41, 5.74) is 4.29. The van der Waals surface area contributed by atoms with Crippen LogP contribution in [0, 0.1) is 23.7 Å². The number of hydrogen-bond donors (Lipinski definition) is 1. The molecule has 0 aliphatic heterocycles. The van der Waals surface area contributed by atoms with E-state index in [1.54, 1.807) is 18.5 Å². The molecule has 1 aromatic carbocycles. The summed E-state index contributed by atoms with van der Waals surface area (Å²) in [5, 5.41) is 13.6. The van der Waals surface area contributed by atoms with Crippen LogP contribution in [0.2, 0.25) is 10.3 Å². The third kappa shape index (κ3) is 4.07. The molecule has 2 atom stereocenters. The standard InChI is InChI=1S/C22H16Cl2N6/c1-2-19(15-10-26-22(24)27-11-15)30-21-18-8-13(3-6-20(18)28-12-29-21)17-5-4-16(23)7-14(17)9-25/h1,4-5,7,10-13,19H,3,6,8H2,(H,28,29,30)/t13?,19-/m1/s1. The van der Waals surface area contributed by atoms with E-state index >= 15 is 0 Å². The predicted octanol–water partition coefficient (Wildman–Crippen LogP) is 4.50. The maximum Gasteiger partial charge on any atom is 0.222 e. The van der Waals surface area contributed by atoms with Crippen molar-refractivity contribution in [3.63, 3.8) is 0 Å². The van der Waals surface area contributed by atoms with Crippen molar-refractivity contribution in [3.05, 3.63) is 75.2 Å². The molecular weight excluding hydrogens is 419 g/mol. The molecule has 148 valence electrons. The summed E-state index contributed by atoms with van der Waals surface area (Å²) in [6, 6.07) is 7.26. The fourth-order valence-corrected chi connectivity index (χ4v) is 4.01. The topological polar surface area (TPSA) is 87.4 Å². The Morgan fingerprint density at radius 3 is 2.70 bits per heavy atom. The lowest BCUT2D eigenvalue weighted by Gasteiger charge is -2.27. The molecule has 6 nitrogen and oxygen atoms in total. The van der Waals surface area contributed by atoms with E-state index < -0.39 is 6.04 Å². The first-order valence-electron chi connectivity index (χ1n) is 9.31. The number of rotatable bonds is 4. The van der Waals surface area contributed by atoms with Gasteiger partial charge in [0.25, 0.3) is 0 Å². The molecule has 0 saturated carbocycles. The maximum atomic E-state index is 9.53. The van der Waals surface area contributed by atoms with E-state index in [1.165, 1.54) is 6.33 Å². The van der Waals surface area contributed by atoms with E-state index in [9.17, 15) is 5.26 Å². The molecule has 8 heteroatoms. The Hall–Kier alpha value is -3.19. The van der Waals surface area contributed by atoms with Crippen LogP contribution in [-0.2, 0) is 12.8 Å². The van der Waals surface area contributed by atoms with Gasteiger partial charge in [0.1, 0.15) is 18.2 Å². The summed E-state index contributed by atoms with van der Waals surface area (Å²) >= 11 is 11.8. The molecular formula is C22H16Cl2N6. The van der Waals surface area contributed by atoms with Crippen molar-refractivity contribution in [2.75, 3.05) is 5.32 Å². The van der Waals surface area contributed by atoms with Crippen molar-refractivity contribution in [2.24, 2.45) is 0 Å². The van der Waals surface area contributed by atoms with Gasteiger partial charge in [-0.25, -0.2) is 19.9 Å². The van der Waals surface area contributed by atoms with E-state index in [0.29, 0.717) is 28.4 Å². The number of nitriles is 1. The fraction of sp³-hybridized carbons (Fsp3) is 0.227. The molecule has 1 aliphatic rings. The zero-order valence-electron chi connectivity index (χ0n) is 15.8. The van der Waals surface area contributed by atoms with Crippen molar-refractivity contribution < 1.29 is 0 Å². The highest BCUT2D eigenvalue weighted by molar-refractivity contribution is 6.30. The Balaban J connectivity index is 1.64. The minimum atomic E-state index is -0.466. The van der Waals surface area contributed by atoms with Crippen molar-refractivity contribution in [1.82, 2.24) is 19.9 Å². The zero-order valence-corrected chi connectivity index (χ0v) is 17.3. The highest BCUT2D eigenvalue weighted by atomic mass is 35.5. The van der Waals surface area contributed by atoms with Crippen LogP contribution in [0.15, 0.2) is 36.9 Å². The van der Waals surface area contributed by atoms with Gasteiger partial charge in [-0.2, -0.15) is 5.26 Å². The summed E-state index contributed by atoms with van der Waals surface area (Å²) < 4.78 is 0. The highest BCUT2D eigenvalue weighted by Gasteiger charge is 2.26. The Morgan fingerprint density at radius 1 is 1.17 bits per heavy atom. The van der Waals surface area contributed by atoms with E-state index in [-0.39, 0.29) is 11.2 Å². The number of nitrogens with zero attached hydrogens (tertiary/aromatic N) is 5. The lowest BCUT2D eigenvalue weighted by Crippen LogP contribution is -2.20. The first-order chi connectivity index (χ1) is 14.6. The van der Waals surface area contributed by atoms with Gasteiger partial charge >= 0.3 is 0 Å². The van der Waals surface area contributed by atoms with Gasteiger partial charge in [-0.1, -0.05) is 23.6 Å². The molecule has 1 aliphatic carbocycles. The van der Waals surface area contributed by atoms with Crippen LogP contribution < -0.4 is 5.32 Å². The van der Waals surface area contributed by atoms with Gasteiger partial charge < -0.3 is 5.32 Å². The molecule has 0 spiro atoms. The third-order valence-electron chi connectivity index (χ3n) is 5.21. The van der Waals surface area contributed by atoms with Crippen LogP contribution in [-0.4, -0.2) is 19.9 Å². The molecule has 1 N–H and O–H groups in total. The Labute approximate surface area is 184 Å². The number of fused-ring (bicyclic) bond motifs is 1. The average Bonchev–Trinajstić information content (AvgIpc) is 2.78. The molecule has 2 aromatic heterocycles. The van der Waals surface area contributed by atoms with Gasteiger partial charge in [0.2, 0.25) is 5.28 Å². The van der Waals surface area contributed by atoms with Gasteiger partial charge in [0, 0.05) is 34.2 Å².